The minimum atomic E-state index is -0.474. The number of nitrogens with zero attached hydrogens (tertiary/aromatic N) is 3. The zero-order valence-corrected chi connectivity index (χ0v) is 15.9. The third-order valence-electron chi connectivity index (χ3n) is 4.15. The van der Waals surface area contributed by atoms with Crippen molar-refractivity contribution in [1.29, 1.82) is 0 Å². The molecule has 4 rings (SSSR count). The van der Waals surface area contributed by atoms with Gasteiger partial charge in [-0.3, -0.25) is 9.59 Å². The van der Waals surface area contributed by atoms with E-state index >= 15 is 0 Å². The molecule has 2 aromatic heterocycles. The molecular formula is C20H15N3O4S. The molecule has 0 bridgehead atoms. The molecule has 7 nitrogen and oxygen atoms in total. The summed E-state index contributed by atoms with van der Waals surface area (Å²) in [7, 11) is 3.08. The number of methoxy groups -OCH3 is 2. The lowest BCUT2D eigenvalue weighted by Gasteiger charge is -2.09. The molecule has 0 saturated heterocycles. The van der Waals surface area contributed by atoms with Crippen molar-refractivity contribution < 1.29 is 9.47 Å². The summed E-state index contributed by atoms with van der Waals surface area (Å²) in [6, 6.07) is 14.3. The van der Waals surface area contributed by atoms with Crippen molar-refractivity contribution in [3.8, 4) is 22.8 Å². The lowest BCUT2D eigenvalue weighted by Crippen LogP contribution is -2.26. The summed E-state index contributed by atoms with van der Waals surface area (Å²) in [5.74, 6) is 1.07. The molecule has 2 heterocycles. The predicted molar refractivity (Wildman–Crippen MR) is 107 cm³/mol. The van der Waals surface area contributed by atoms with E-state index in [1.807, 2.05) is 12.1 Å². The van der Waals surface area contributed by atoms with Crippen LogP contribution in [0.3, 0.4) is 0 Å². The van der Waals surface area contributed by atoms with Gasteiger partial charge in [-0.05, 0) is 12.1 Å². The first-order valence-electron chi connectivity index (χ1n) is 8.34. The van der Waals surface area contributed by atoms with Gasteiger partial charge in [0, 0.05) is 11.1 Å². The number of benzene rings is 2. The van der Waals surface area contributed by atoms with E-state index in [1.54, 1.807) is 49.6 Å². The Hall–Kier alpha value is -3.52. The molecule has 0 spiro atoms. The Bertz CT molecular complexity index is 1330. The first-order chi connectivity index (χ1) is 13.6. The average Bonchev–Trinajstić information content (AvgIpc) is 3.02. The fourth-order valence-electron chi connectivity index (χ4n) is 2.85. The van der Waals surface area contributed by atoms with Crippen molar-refractivity contribution >= 4 is 22.4 Å². The molecule has 0 aliphatic rings. The van der Waals surface area contributed by atoms with Crippen LogP contribution in [0.4, 0.5) is 0 Å². The van der Waals surface area contributed by atoms with Crippen LogP contribution in [0.25, 0.3) is 22.3 Å². The SMILES string of the molecule is COc1cccc(/C=c2/sc3nc(=O)c(-c4ccccc4)nn3c2=O)c1OC. The molecule has 0 aliphatic heterocycles. The van der Waals surface area contributed by atoms with Gasteiger partial charge in [0.25, 0.3) is 5.56 Å². The molecule has 4 aromatic rings. The van der Waals surface area contributed by atoms with E-state index in [-0.39, 0.29) is 16.2 Å². The topological polar surface area (TPSA) is 82.8 Å². The smallest absolute Gasteiger partial charge is 0.300 e. The molecule has 0 atom stereocenters. The quantitative estimate of drug-likeness (QED) is 0.525. The number of fused-ring (bicyclic) bond motifs is 1. The summed E-state index contributed by atoms with van der Waals surface area (Å²) in [5.41, 5.74) is 0.600. The van der Waals surface area contributed by atoms with Gasteiger partial charge in [-0.15, -0.1) is 0 Å². The van der Waals surface area contributed by atoms with Crippen LogP contribution in [0.2, 0.25) is 0 Å². The molecule has 0 unspecified atom stereocenters. The molecule has 0 radical (unpaired) electrons. The molecule has 140 valence electrons. The van der Waals surface area contributed by atoms with E-state index in [0.29, 0.717) is 27.2 Å². The van der Waals surface area contributed by atoms with Crippen molar-refractivity contribution in [2.75, 3.05) is 14.2 Å². The number of para-hydroxylation sites is 1. The van der Waals surface area contributed by atoms with E-state index in [0.717, 1.165) is 15.9 Å². The van der Waals surface area contributed by atoms with Gasteiger partial charge in [-0.1, -0.05) is 53.8 Å². The van der Waals surface area contributed by atoms with Gasteiger partial charge in [0.05, 0.1) is 18.8 Å². The predicted octanol–water partition coefficient (Wildman–Crippen LogP) is 1.74. The monoisotopic (exact) mass is 393 g/mol. The molecule has 8 heteroatoms. The first kappa shape index (κ1) is 17.9. The van der Waals surface area contributed by atoms with Crippen LogP contribution >= 0.6 is 11.3 Å². The fraction of sp³-hybridized carbons (Fsp3) is 0.100. The zero-order valence-electron chi connectivity index (χ0n) is 15.1. The highest BCUT2D eigenvalue weighted by Crippen LogP contribution is 2.31. The van der Waals surface area contributed by atoms with Crippen molar-refractivity contribution in [2.24, 2.45) is 0 Å². The Kier molecular flexibility index (Phi) is 4.62. The average molecular weight is 393 g/mol. The Morgan fingerprint density at radius 1 is 1.00 bits per heavy atom. The van der Waals surface area contributed by atoms with Gasteiger partial charge in [-0.2, -0.15) is 14.6 Å². The Labute approximate surface area is 163 Å². The number of hydrogen-bond acceptors (Lipinski definition) is 7. The lowest BCUT2D eigenvalue weighted by molar-refractivity contribution is 0.354. The first-order valence-corrected chi connectivity index (χ1v) is 9.16. The van der Waals surface area contributed by atoms with Gasteiger partial charge in [-0.25, -0.2) is 0 Å². The highest BCUT2D eigenvalue weighted by Gasteiger charge is 2.13. The van der Waals surface area contributed by atoms with Gasteiger partial charge in [0.15, 0.2) is 17.2 Å². The van der Waals surface area contributed by atoms with Crippen LogP contribution in [0.15, 0.2) is 58.1 Å². The normalized spacial score (nSPS) is 11.7. The van der Waals surface area contributed by atoms with Crippen LogP contribution in [-0.2, 0) is 0 Å². The summed E-state index contributed by atoms with van der Waals surface area (Å²) in [5, 5.41) is 4.25. The summed E-state index contributed by atoms with van der Waals surface area (Å²) < 4.78 is 12.2. The van der Waals surface area contributed by atoms with Crippen LogP contribution < -0.4 is 25.1 Å². The maximum atomic E-state index is 12.8. The Morgan fingerprint density at radius 2 is 1.79 bits per heavy atom. The number of thiazole rings is 1. The third kappa shape index (κ3) is 3.03. The maximum absolute atomic E-state index is 12.8. The highest BCUT2D eigenvalue weighted by molar-refractivity contribution is 7.15. The van der Waals surface area contributed by atoms with Gasteiger partial charge < -0.3 is 9.47 Å². The van der Waals surface area contributed by atoms with E-state index in [4.69, 9.17) is 9.47 Å². The second kappa shape index (κ2) is 7.24. The molecule has 0 amide bonds. The third-order valence-corrected chi connectivity index (χ3v) is 5.11. The van der Waals surface area contributed by atoms with Crippen molar-refractivity contribution in [3.05, 3.63) is 79.3 Å². The van der Waals surface area contributed by atoms with E-state index in [9.17, 15) is 9.59 Å². The molecule has 0 saturated carbocycles. The Morgan fingerprint density at radius 3 is 2.50 bits per heavy atom. The minimum absolute atomic E-state index is 0.138. The molecule has 0 N–H and O–H groups in total. The van der Waals surface area contributed by atoms with E-state index in [1.165, 1.54) is 7.11 Å². The molecule has 0 fully saturated rings. The summed E-state index contributed by atoms with van der Waals surface area (Å²) in [6.45, 7) is 0. The van der Waals surface area contributed by atoms with Crippen molar-refractivity contribution in [2.45, 2.75) is 0 Å². The minimum Gasteiger partial charge on any atom is -0.493 e. The van der Waals surface area contributed by atoms with E-state index in [2.05, 4.69) is 10.1 Å². The van der Waals surface area contributed by atoms with E-state index < -0.39 is 5.56 Å². The highest BCUT2D eigenvalue weighted by atomic mass is 32.1. The Balaban J connectivity index is 1.94. The number of rotatable bonds is 4. The fourth-order valence-corrected chi connectivity index (χ4v) is 3.75. The van der Waals surface area contributed by atoms with Gasteiger partial charge >= 0.3 is 5.56 Å². The summed E-state index contributed by atoms with van der Waals surface area (Å²) >= 11 is 1.09. The standard InChI is InChI=1S/C20H15N3O4S/c1-26-14-10-6-9-13(17(14)27-2)11-15-19(25)23-20(28-15)21-18(24)16(22-23)12-7-4-3-5-8-12/h3-11H,1-2H3/b15-11+. The number of aromatic nitrogens is 3. The molecule has 0 aliphatic carbocycles. The van der Waals surface area contributed by atoms with Crippen LogP contribution in [0.5, 0.6) is 11.5 Å². The zero-order chi connectivity index (χ0) is 19.7. The summed E-state index contributed by atoms with van der Waals surface area (Å²) in [6.07, 6.45) is 1.68. The van der Waals surface area contributed by atoms with Crippen molar-refractivity contribution in [3.63, 3.8) is 0 Å². The molecule has 2 aromatic carbocycles. The summed E-state index contributed by atoms with van der Waals surface area (Å²) in [4.78, 5) is 29.5. The second-order valence-corrected chi connectivity index (χ2v) is 6.83. The van der Waals surface area contributed by atoms with Crippen LogP contribution in [0.1, 0.15) is 5.56 Å². The largest absolute Gasteiger partial charge is 0.493 e. The number of hydrogen-bond donors (Lipinski definition) is 0. The molecule has 28 heavy (non-hydrogen) atoms. The second-order valence-electron chi connectivity index (χ2n) is 5.82. The van der Waals surface area contributed by atoms with Gasteiger partial charge in [0.1, 0.15) is 0 Å². The maximum Gasteiger partial charge on any atom is 0.300 e. The van der Waals surface area contributed by atoms with Crippen LogP contribution in [-0.4, -0.2) is 28.8 Å². The van der Waals surface area contributed by atoms with Gasteiger partial charge in [0.2, 0.25) is 4.96 Å². The lowest BCUT2D eigenvalue weighted by atomic mass is 10.2. The molecular weight excluding hydrogens is 378 g/mol. The number of ether oxygens (including phenoxy) is 2. The van der Waals surface area contributed by atoms with Crippen molar-refractivity contribution in [1.82, 2.24) is 14.6 Å². The van der Waals surface area contributed by atoms with Crippen LogP contribution in [0, 0.1) is 0 Å².